The third-order valence-electron chi connectivity index (χ3n) is 3.71. The molecular formula is C18H19N3O2. The van der Waals surface area contributed by atoms with Gasteiger partial charge in [-0.15, -0.1) is 0 Å². The Morgan fingerprint density at radius 3 is 2.35 bits per heavy atom. The minimum atomic E-state index is 0.689. The van der Waals surface area contributed by atoms with Gasteiger partial charge in [0.15, 0.2) is 0 Å². The van der Waals surface area contributed by atoms with Gasteiger partial charge in [-0.1, -0.05) is 12.1 Å². The van der Waals surface area contributed by atoms with Crippen LogP contribution in [0, 0.1) is 0 Å². The van der Waals surface area contributed by atoms with Gasteiger partial charge < -0.3 is 14.4 Å². The van der Waals surface area contributed by atoms with Crippen molar-refractivity contribution in [2.75, 3.05) is 26.2 Å². The molecule has 0 fully saturated rings. The van der Waals surface area contributed by atoms with E-state index >= 15 is 0 Å². The summed E-state index contributed by atoms with van der Waals surface area (Å²) in [4.78, 5) is 10.8. The SMILES string of the molecule is COc1cc(CN(C)c2ncnc3ccccc23)cc(OC)c1. The van der Waals surface area contributed by atoms with E-state index in [1.807, 2.05) is 49.5 Å². The molecule has 5 nitrogen and oxygen atoms in total. The van der Waals surface area contributed by atoms with E-state index < -0.39 is 0 Å². The van der Waals surface area contributed by atoms with E-state index in [9.17, 15) is 0 Å². The summed E-state index contributed by atoms with van der Waals surface area (Å²) < 4.78 is 10.7. The molecule has 2 aromatic carbocycles. The summed E-state index contributed by atoms with van der Waals surface area (Å²) in [7, 11) is 5.32. The maximum Gasteiger partial charge on any atom is 0.139 e. The zero-order chi connectivity index (χ0) is 16.2. The Morgan fingerprint density at radius 1 is 0.957 bits per heavy atom. The number of hydrogen-bond donors (Lipinski definition) is 0. The van der Waals surface area contributed by atoms with Crippen molar-refractivity contribution in [3.63, 3.8) is 0 Å². The minimum Gasteiger partial charge on any atom is -0.497 e. The normalized spacial score (nSPS) is 10.6. The zero-order valence-corrected chi connectivity index (χ0v) is 13.5. The number of aromatic nitrogens is 2. The highest BCUT2D eigenvalue weighted by molar-refractivity contribution is 5.89. The number of nitrogens with zero attached hydrogens (tertiary/aromatic N) is 3. The Labute approximate surface area is 135 Å². The van der Waals surface area contributed by atoms with E-state index in [0.29, 0.717) is 6.54 Å². The number of benzene rings is 2. The second kappa shape index (κ2) is 6.52. The molecule has 3 rings (SSSR count). The van der Waals surface area contributed by atoms with Crippen LogP contribution >= 0.6 is 0 Å². The topological polar surface area (TPSA) is 47.5 Å². The van der Waals surface area contributed by atoms with Gasteiger partial charge in [0.2, 0.25) is 0 Å². The van der Waals surface area contributed by atoms with Crippen molar-refractivity contribution in [1.29, 1.82) is 0 Å². The third kappa shape index (κ3) is 3.18. The molecule has 0 N–H and O–H groups in total. The summed E-state index contributed by atoms with van der Waals surface area (Å²) in [6.45, 7) is 0.689. The van der Waals surface area contributed by atoms with E-state index in [1.165, 1.54) is 0 Å². The molecule has 0 aliphatic carbocycles. The first-order valence-electron chi connectivity index (χ1n) is 7.34. The van der Waals surface area contributed by atoms with Crippen LogP contribution in [0.4, 0.5) is 5.82 Å². The molecule has 0 unspecified atom stereocenters. The van der Waals surface area contributed by atoms with Gasteiger partial charge >= 0.3 is 0 Å². The van der Waals surface area contributed by atoms with Gasteiger partial charge in [0, 0.05) is 25.0 Å². The quantitative estimate of drug-likeness (QED) is 0.724. The third-order valence-corrected chi connectivity index (χ3v) is 3.71. The first kappa shape index (κ1) is 15.1. The molecule has 0 spiro atoms. The number of methoxy groups -OCH3 is 2. The van der Waals surface area contributed by atoms with Crippen molar-refractivity contribution >= 4 is 16.7 Å². The summed E-state index contributed by atoms with van der Waals surface area (Å²) in [5.74, 6) is 2.46. The second-order valence-corrected chi connectivity index (χ2v) is 5.29. The Morgan fingerprint density at radius 2 is 1.65 bits per heavy atom. The first-order valence-corrected chi connectivity index (χ1v) is 7.34. The fourth-order valence-corrected chi connectivity index (χ4v) is 2.60. The Balaban J connectivity index is 1.93. The highest BCUT2D eigenvalue weighted by Gasteiger charge is 2.10. The summed E-state index contributed by atoms with van der Waals surface area (Å²) in [5.41, 5.74) is 2.03. The summed E-state index contributed by atoms with van der Waals surface area (Å²) >= 11 is 0. The van der Waals surface area contributed by atoms with Crippen LogP contribution in [-0.4, -0.2) is 31.2 Å². The summed E-state index contributed by atoms with van der Waals surface area (Å²) in [6.07, 6.45) is 1.60. The maximum atomic E-state index is 5.33. The molecule has 0 aliphatic heterocycles. The van der Waals surface area contributed by atoms with Crippen LogP contribution in [0.2, 0.25) is 0 Å². The number of anilines is 1. The molecule has 1 heterocycles. The number of fused-ring (bicyclic) bond motifs is 1. The Kier molecular flexibility index (Phi) is 4.28. The van der Waals surface area contributed by atoms with Gasteiger partial charge in [-0.25, -0.2) is 9.97 Å². The molecule has 0 amide bonds. The molecule has 0 saturated heterocycles. The lowest BCUT2D eigenvalue weighted by Crippen LogP contribution is -2.18. The van der Waals surface area contributed by atoms with Crippen molar-refractivity contribution in [3.05, 3.63) is 54.4 Å². The van der Waals surface area contributed by atoms with E-state index in [-0.39, 0.29) is 0 Å². The molecule has 0 saturated carbocycles. The maximum absolute atomic E-state index is 5.33. The summed E-state index contributed by atoms with van der Waals surface area (Å²) in [6, 6.07) is 13.9. The van der Waals surface area contributed by atoms with E-state index in [1.54, 1.807) is 20.5 Å². The lowest BCUT2D eigenvalue weighted by Gasteiger charge is -2.20. The largest absolute Gasteiger partial charge is 0.497 e. The van der Waals surface area contributed by atoms with Crippen LogP contribution in [0.3, 0.4) is 0 Å². The van der Waals surface area contributed by atoms with Crippen LogP contribution in [0.25, 0.3) is 10.9 Å². The van der Waals surface area contributed by atoms with Gasteiger partial charge in [-0.2, -0.15) is 0 Å². The van der Waals surface area contributed by atoms with Crippen LogP contribution in [-0.2, 0) is 6.54 Å². The molecule has 118 valence electrons. The monoisotopic (exact) mass is 309 g/mol. The van der Waals surface area contributed by atoms with Gasteiger partial charge in [-0.05, 0) is 29.8 Å². The standard InChI is InChI=1S/C18H19N3O2/c1-21(11-13-8-14(22-2)10-15(9-13)23-3)18-16-6-4-5-7-17(16)19-12-20-18/h4-10,12H,11H2,1-3H3. The molecule has 0 atom stereocenters. The van der Waals surface area contributed by atoms with Crippen LogP contribution < -0.4 is 14.4 Å². The fourth-order valence-electron chi connectivity index (χ4n) is 2.60. The van der Waals surface area contributed by atoms with E-state index in [2.05, 4.69) is 14.9 Å². The second-order valence-electron chi connectivity index (χ2n) is 5.29. The molecule has 0 radical (unpaired) electrons. The molecule has 3 aromatic rings. The van der Waals surface area contributed by atoms with Crippen LogP contribution in [0.1, 0.15) is 5.56 Å². The predicted molar refractivity (Wildman–Crippen MR) is 91.2 cm³/mol. The minimum absolute atomic E-state index is 0.689. The average Bonchev–Trinajstić information content (AvgIpc) is 2.60. The van der Waals surface area contributed by atoms with Crippen molar-refractivity contribution in [2.45, 2.75) is 6.54 Å². The lowest BCUT2D eigenvalue weighted by atomic mass is 10.1. The van der Waals surface area contributed by atoms with Crippen molar-refractivity contribution in [1.82, 2.24) is 9.97 Å². The average molecular weight is 309 g/mol. The number of para-hydroxylation sites is 1. The van der Waals surface area contributed by atoms with E-state index in [0.717, 1.165) is 33.8 Å². The fraction of sp³-hybridized carbons (Fsp3) is 0.222. The Bertz CT molecular complexity index is 793. The first-order chi connectivity index (χ1) is 11.2. The zero-order valence-electron chi connectivity index (χ0n) is 13.5. The molecule has 5 heteroatoms. The highest BCUT2D eigenvalue weighted by Crippen LogP contribution is 2.26. The van der Waals surface area contributed by atoms with E-state index in [4.69, 9.17) is 9.47 Å². The van der Waals surface area contributed by atoms with Crippen LogP contribution in [0.15, 0.2) is 48.8 Å². The van der Waals surface area contributed by atoms with Crippen molar-refractivity contribution in [2.24, 2.45) is 0 Å². The molecule has 0 aliphatic rings. The number of ether oxygens (including phenoxy) is 2. The van der Waals surface area contributed by atoms with Crippen molar-refractivity contribution < 1.29 is 9.47 Å². The number of hydrogen-bond acceptors (Lipinski definition) is 5. The lowest BCUT2D eigenvalue weighted by molar-refractivity contribution is 0.393. The smallest absolute Gasteiger partial charge is 0.139 e. The predicted octanol–water partition coefficient (Wildman–Crippen LogP) is 3.28. The van der Waals surface area contributed by atoms with Gasteiger partial charge in [0.25, 0.3) is 0 Å². The molecule has 0 bridgehead atoms. The molecule has 23 heavy (non-hydrogen) atoms. The van der Waals surface area contributed by atoms with Gasteiger partial charge in [0.1, 0.15) is 23.6 Å². The molecule has 1 aromatic heterocycles. The molecular weight excluding hydrogens is 290 g/mol. The highest BCUT2D eigenvalue weighted by atomic mass is 16.5. The summed E-state index contributed by atoms with van der Waals surface area (Å²) in [5, 5.41) is 1.03. The van der Waals surface area contributed by atoms with Gasteiger partial charge in [0.05, 0.1) is 19.7 Å². The Hall–Kier alpha value is -2.82. The van der Waals surface area contributed by atoms with Crippen LogP contribution in [0.5, 0.6) is 11.5 Å². The van der Waals surface area contributed by atoms with Crippen molar-refractivity contribution in [3.8, 4) is 11.5 Å². The van der Waals surface area contributed by atoms with Gasteiger partial charge in [-0.3, -0.25) is 0 Å². The number of rotatable bonds is 5.